The van der Waals surface area contributed by atoms with Gasteiger partial charge in [0, 0.05) is 13.2 Å². The average Bonchev–Trinajstić information content (AvgIpc) is 2.96. The van der Waals surface area contributed by atoms with Crippen LogP contribution in [0.4, 0.5) is 9.18 Å². The molecule has 2 atom stereocenters. The van der Waals surface area contributed by atoms with Crippen molar-refractivity contribution < 1.29 is 13.9 Å². The van der Waals surface area contributed by atoms with Crippen molar-refractivity contribution in [2.24, 2.45) is 0 Å². The fourth-order valence-electron chi connectivity index (χ4n) is 4.07. The monoisotopic (exact) mass is 368 g/mol. The Balaban J connectivity index is 1.62. The zero-order valence-electron chi connectivity index (χ0n) is 15.4. The molecule has 0 aliphatic carbocycles. The molecule has 4 nitrogen and oxygen atoms in total. The number of hydrogen-bond acceptors (Lipinski definition) is 2. The predicted molar refractivity (Wildman–Crippen MR) is 102 cm³/mol. The molecule has 142 valence electrons. The van der Waals surface area contributed by atoms with Crippen LogP contribution in [-0.2, 0) is 11.2 Å². The number of rotatable bonds is 2. The van der Waals surface area contributed by atoms with Gasteiger partial charge in [0.1, 0.15) is 5.82 Å². The number of urea groups is 1. The van der Waals surface area contributed by atoms with Crippen molar-refractivity contribution in [3.63, 3.8) is 0 Å². The zero-order chi connectivity index (χ0) is 18.6. The van der Waals surface area contributed by atoms with Crippen molar-refractivity contribution >= 4 is 6.03 Å². The Labute approximate surface area is 159 Å². The Morgan fingerprint density at radius 2 is 1.93 bits per heavy atom. The van der Waals surface area contributed by atoms with E-state index in [1.54, 1.807) is 12.1 Å². The van der Waals surface area contributed by atoms with Gasteiger partial charge in [0.05, 0.1) is 18.7 Å². The van der Waals surface area contributed by atoms with Crippen LogP contribution in [0, 0.1) is 5.82 Å². The van der Waals surface area contributed by atoms with Gasteiger partial charge in [-0.3, -0.25) is 0 Å². The number of benzene rings is 2. The Bertz CT molecular complexity index is 785. The van der Waals surface area contributed by atoms with Crippen LogP contribution in [0.2, 0.25) is 0 Å². The molecular weight excluding hydrogens is 343 g/mol. The van der Waals surface area contributed by atoms with E-state index in [2.05, 4.69) is 17.4 Å². The average molecular weight is 368 g/mol. The normalized spacial score (nSPS) is 22.6. The SMILES string of the molecule is O=C(NC1CCCCOC1)N1CCc2ccccc2[C@H]1c1ccc(F)cc1. The third kappa shape index (κ3) is 3.98. The molecule has 2 aliphatic heterocycles. The Morgan fingerprint density at radius 3 is 2.78 bits per heavy atom. The lowest BCUT2D eigenvalue weighted by molar-refractivity contribution is 0.121. The van der Waals surface area contributed by atoms with Gasteiger partial charge >= 0.3 is 6.03 Å². The molecule has 1 N–H and O–H groups in total. The largest absolute Gasteiger partial charge is 0.379 e. The van der Waals surface area contributed by atoms with Crippen LogP contribution >= 0.6 is 0 Å². The van der Waals surface area contributed by atoms with E-state index in [4.69, 9.17) is 4.74 Å². The molecule has 2 aromatic carbocycles. The summed E-state index contributed by atoms with van der Waals surface area (Å²) in [4.78, 5) is 15.0. The fourth-order valence-corrected chi connectivity index (χ4v) is 4.07. The first-order valence-corrected chi connectivity index (χ1v) is 9.70. The molecule has 5 heteroatoms. The summed E-state index contributed by atoms with van der Waals surface area (Å²) in [6.07, 6.45) is 3.87. The number of hydrogen-bond donors (Lipinski definition) is 1. The molecule has 0 aromatic heterocycles. The first-order valence-electron chi connectivity index (χ1n) is 9.70. The highest BCUT2D eigenvalue weighted by Gasteiger charge is 2.32. The molecule has 2 heterocycles. The van der Waals surface area contributed by atoms with Gasteiger partial charge in [0.15, 0.2) is 0 Å². The van der Waals surface area contributed by atoms with E-state index in [1.807, 2.05) is 17.0 Å². The zero-order valence-corrected chi connectivity index (χ0v) is 15.4. The molecule has 2 aliphatic rings. The number of nitrogens with zero attached hydrogens (tertiary/aromatic N) is 1. The standard InChI is InChI=1S/C22H25FN2O2/c23-18-10-8-17(9-11-18)21-20-7-2-1-5-16(20)12-13-25(21)22(26)24-19-6-3-4-14-27-15-19/h1-2,5,7-11,19,21H,3-4,6,12-15H2,(H,24,26)/t19?,21-/m1/s1. The maximum atomic E-state index is 13.4. The summed E-state index contributed by atoms with van der Waals surface area (Å²) in [5, 5.41) is 3.16. The molecular formula is C22H25FN2O2. The summed E-state index contributed by atoms with van der Waals surface area (Å²) < 4.78 is 19.0. The van der Waals surface area contributed by atoms with E-state index in [1.165, 1.54) is 17.7 Å². The summed E-state index contributed by atoms with van der Waals surface area (Å²) in [6, 6.07) is 14.4. The number of nitrogens with one attached hydrogen (secondary N) is 1. The van der Waals surface area contributed by atoms with E-state index < -0.39 is 0 Å². The lowest BCUT2D eigenvalue weighted by Gasteiger charge is -2.38. The van der Waals surface area contributed by atoms with E-state index in [0.717, 1.165) is 43.4 Å². The minimum Gasteiger partial charge on any atom is -0.379 e. The molecule has 0 bridgehead atoms. The smallest absolute Gasteiger partial charge is 0.318 e. The highest BCUT2D eigenvalue weighted by molar-refractivity contribution is 5.76. The molecule has 1 unspecified atom stereocenters. The van der Waals surface area contributed by atoms with Crippen molar-refractivity contribution in [1.82, 2.24) is 10.2 Å². The minimum atomic E-state index is -0.269. The Morgan fingerprint density at radius 1 is 1.11 bits per heavy atom. The van der Waals surface area contributed by atoms with Crippen LogP contribution in [0.1, 0.15) is 42.0 Å². The van der Waals surface area contributed by atoms with Gasteiger partial charge in [-0.1, -0.05) is 36.4 Å². The van der Waals surface area contributed by atoms with E-state index >= 15 is 0 Å². The molecule has 0 radical (unpaired) electrons. The van der Waals surface area contributed by atoms with E-state index in [0.29, 0.717) is 13.2 Å². The van der Waals surface area contributed by atoms with Crippen molar-refractivity contribution in [3.05, 3.63) is 71.0 Å². The second-order valence-electron chi connectivity index (χ2n) is 7.31. The number of carbonyl (C=O) groups is 1. The van der Waals surface area contributed by atoms with Gasteiger partial charge in [-0.25, -0.2) is 9.18 Å². The highest BCUT2D eigenvalue weighted by Crippen LogP contribution is 2.35. The van der Waals surface area contributed by atoms with Crippen LogP contribution in [0.5, 0.6) is 0 Å². The lowest BCUT2D eigenvalue weighted by Crippen LogP contribution is -2.50. The molecule has 27 heavy (non-hydrogen) atoms. The first kappa shape index (κ1) is 18.0. The maximum Gasteiger partial charge on any atom is 0.318 e. The summed E-state index contributed by atoms with van der Waals surface area (Å²) in [7, 11) is 0. The number of amides is 2. The molecule has 1 fully saturated rings. The number of ether oxygens (including phenoxy) is 1. The van der Waals surface area contributed by atoms with Crippen LogP contribution < -0.4 is 5.32 Å². The lowest BCUT2D eigenvalue weighted by atomic mass is 9.88. The van der Waals surface area contributed by atoms with Crippen molar-refractivity contribution in [1.29, 1.82) is 0 Å². The fraction of sp³-hybridized carbons (Fsp3) is 0.409. The van der Waals surface area contributed by atoms with Gasteiger partial charge in [-0.05, 0) is 54.5 Å². The summed E-state index contributed by atoms with van der Waals surface area (Å²) in [6.45, 7) is 1.97. The second-order valence-corrected chi connectivity index (χ2v) is 7.31. The second kappa shape index (κ2) is 8.09. The summed E-state index contributed by atoms with van der Waals surface area (Å²) >= 11 is 0. The predicted octanol–water partition coefficient (Wildman–Crippen LogP) is 4.05. The van der Waals surface area contributed by atoms with Gasteiger partial charge in [0.25, 0.3) is 0 Å². The number of fused-ring (bicyclic) bond motifs is 1. The van der Waals surface area contributed by atoms with Crippen molar-refractivity contribution in [2.75, 3.05) is 19.8 Å². The van der Waals surface area contributed by atoms with Crippen LogP contribution in [0.25, 0.3) is 0 Å². The van der Waals surface area contributed by atoms with Crippen LogP contribution in [0.3, 0.4) is 0 Å². The van der Waals surface area contributed by atoms with Crippen LogP contribution in [0.15, 0.2) is 48.5 Å². The van der Waals surface area contributed by atoms with Gasteiger partial charge in [-0.15, -0.1) is 0 Å². The highest BCUT2D eigenvalue weighted by atomic mass is 19.1. The Kier molecular flexibility index (Phi) is 5.39. The third-order valence-corrected chi connectivity index (χ3v) is 5.47. The molecule has 4 rings (SSSR count). The minimum absolute atomic E-state index is 0.0473. The van der Waals surface area contributed by atoms with Gasteiger partial charge < -0.3 is 15.0 Å². The summed E-state index contributed by atoms with van der Waals surface area (Å²) in [5.41, 5.74) is 3.28. The number of halogens is 1. The molecule has 2 aromatic rings. The van der Waals surface area contributed by atoms with Crippen LogP contribution in [-0.4, -0.2) is 36.7 Å². The van der Waals surface area contributed by atoms with Crippen molar-refractivity contribution in [3.8, 4) is 0 Å². The van der Waals surface area contributed by atoms with Crippen molar-refractivity contribution in [2.45, 2.75) is 37.8 Å². The molecule has 0 saturated carbocycles. The topological polar surface area (TPSA) is 41.6 Å². The molecule has 1 saturated heterocycles. The third-order valence-electron chi connectivity index (χ3n) is 5.47. The Hall–Kier alpha value is -2.40. The maximum absolute atomic E-state index is 13.4. The van der Waals surface area contributed by atoms with Gasteiger partial charge in [0.2, 0.25) is 0 Å². The molecule has 0 spiro atoms. The number of carbonyl (C=O) groups excluding carboxylic acids is 1. The quantitative estimate of drug-likeness (QED) is 0.869. The first-order chi connectivity index (χ1) is 13.2. The molecule has 2 amide bonds. The van der Waals surface area contributed by atoms with Gasteiger partial charge in [-0.2, -0.15) is 0 Å². The van der Waals surface area contributed by atoms with E-state index in [9.17, 15) is 9.18 Å². The summed E-state index contributed by atoms with van der Waals surface area (Å²) in [5.74, 6) is -0.269. The van der Waals surface area contributed by atoms with E-state index in [-0.39, 0.29) is 23.9 Å².